The first-order chi connectivity index (χ1) is 18.9. The molecule has 2 aromatic carbocycles. The molecule has 10 heteroatoms. The number of aliphatic carboxylic acids is 1. The van der Waals surface area contributed by atoms with Gasteiger partial charge in [-0.3, -0.25) is 9.36 Å². The monoisotopic (exact) mass is 558 g/mol. The van der Waals surface area contributed by atoms with E-state index in [2.05, 4.69) is 17.4 Å². The second-order valence-electron chi connectivity index (χ2n) is 9.68. The average molecular weight is 559 g/mol. The summed E-state index contributed by atoms with van der Waals surface area (Å²) in [6, 6.07) is 18.6. The fourth-order valence-corrected chi connectivity index (χ4v) is 5.78. The molecule has 0 saturated carbocycles. The lowest BCUT2D eigenvalue weighted by Gasteiger charge is -2.26. The van der Waals surface area contributed by atoms with Gasteiger partial charge in [-0.05, 0) is 62.5 Å². The first kappa shape index (κ1) is 30.4. The summed E-state index contributed by atoms with van der Waals surface area (Å²) in [6.45, 7) is 0.879. The van der Waals surface area contributed by atoms with Crippen LogP contribution < -0.4 is 5.32 Å². The Labute approximate surface area is 230 Å². The van der Waals surface area contributed by atoms with E-state index in [1.807, 2.05) is 48.5 Å². The second-order valence-corrected chi connectivity index (χ2v) is 11.2. The molecule has 1 saturated heterocycles. The molecule has 0 spiro atoms. The van der Waals surface area contributed by atoms with E-state index in [9.17, 15) is 24.1 Å². The molecule has 1 aliphatic rings. The minimum atomic E-state index is -2.48. The lowest BCUT2D eigenvalue weighted by molar-refractivity contribution is -0.151. The van der Waals surface area contributed by atoms with Crippen LogP contribution in [0, 0.1) is 0 Å². The zero-order valence-corrected chi connectivity index (χ0v) is 23.3. The van der Waals surface area contributed by atoms with E-state index in [4.69, 9.17) is 9.26 Å². The number of carbonyl (C=O) groups excluding carboxylic acids is 2. The molecule has 0 radical (unpaired) electrons. The molecule has 2 amide bonds. The van der Waals surface area contributed by atoms with Crippen molar-refractivity contribution >= 4 is 26.0 Å². The molecular formula is C29H39N2O7P. The highest BCUT2D eigenvalue weighted by atomic mass is 31.1. The Morgan fingerprint density at radius 1 is 0.974 bits per heavy atom. The van der Waals surface area contributed by atoms with E-state index in [1.54, 1.807) is 0 Å². The molecule has 0 bridgehead atoms. The number of carboxylic acid groups (broad SMARTS) is 1. The number of amides is 2. The van der Waals surface area contributed by atoms with Gasteiger partial charge in [-0.25, -0.2) is 9.59 Å². The van der Waals surface area contributed by atoms with Crippen molar-refractivity contribution in [3.63, 3.8) is 0 Å². The third-order valence-electron chi connectivity index (χ3n) is 6.68. The Kier molecular flexibility index (Phi) is 13.0. The molecule has 212 valence electrons. The first-order valence-electron chi connectivity index (χ1n) is 13.7. The summed E-state index contributed by atoms with van der Waals surface area (Å²) in [6.07, 6.45) is 3.75. The van der Waals surface area contributed by atoms with Crippen molar-refractivity contribution in [1.29, 1.82) is 0 Å². The molecule has 1 heterocycles. The van der Waals surface area contributed by atoms with Crippen LogP contribution in [0.2, 0.25) is 0 Å². The van der Waals surface area contributed by atoms with Crippen LogP contribution in [-0.2, 0) is 36.4 Å². The highest BCUT2D eigenvalue weighted by Gasteiger charge is 2.37. The summed E-state index contributed by atoms with van der Waals surface area (Å²) >= 11 is 0. The highest BCUT2D eigenvalue weighted by Crippen LogP contribution is 2.30. The molecule has 9 nitrogen and oxygen atoms in total. The third kappa shape index (κ3) is 10.9. The van der Waals surface area contributed by atoms with Crippen LogP contribution in [0.3, 0.4) is 0 Å². The van der Waals surface area contributed by atoms with Gasteiger partial charge in [0, 0.05) is 19.3 Å². The molecule has 2 N–H and O–H groups in total. The number of aryl methyl sites for hydroxylation is 1. The number of ether oxygens (including phenoxy) is 1. The molecule has 1 fully saturated rings. The number of rotatable bonds is 16. The molecular weight excluding hydrogens is 519 g/mol. The number of benzene rings is 2. The predicted octanol–water partition coefficient (Wildman–Crippen LogP) is 5.04. The largest absolute Gasteiger partial charge is 0.480 e. The van der Waals surface area contributed by atoms with Crippen molar-refractivity contribution < 1.29 is 33.3 Å². The first-order valence-corrected chi connectivity index (χ1v) is 15.2. The number of hydrogen-bond acceptors (Lipinski definition) is 6. The second kappa shape index (κ2) is 16.7. The topological polar surface area (TPSA) is 122 Å². The van der Waals surface area contributed by atoms with Gasteiger partial charge in [0.05, 0.1) is 0 Å². The molecule has 39 heavy (non-hydrogen) atoms. The fraction of sp³-hybridized carbons (Fsp3) is 0.483. The lowest BCUT2D eigenvalue weighted by Crippen LogP contribution is -2.45. The Bertz CT molecular complexity index is 1070. The van der Waals surface area contributed by atoms with E-state index in [0.717, 1.165) is 18.4 Å². The van der Waals surface area contributed by atoms with E-state index in [1.165, 1.54) is 10.5 Å². The van der Waals surface area contributed by atoms with Crippen LogP contribution in [0.4, 0.5) is 4.79 Å². The number of alkyl carbamates (subject to hydrolysis) is 1. The van der Waals surface area contributed by atoms with Gasteiger partial charge in [0.2, 0.25) is 0 Å². The number of hydrogen-bond donors (Lipinski definition) is 2. The number of nitrogens with zero attached hydrogens (tertiary/aromatic N) is 1. The average Bonchev–Trinajstić information content (AvgIpc) is 3.45. The van der Waals surface area contributed by atoms with Gasteiger partial charge in [0.1, 0.15) is 18.8 Å². The quantitative estimate of drug-likeness (QED) is 0.219. The standard InChI is InChI=1S/C29H39N2O7P/c32-27(31-20-11-17-25(31)28(33)34)26(38-39(36)21-10-8-14-23-12-3-1-4-13-23)18-7-9-19-30-29(35)37-22-24-15-5-2-6-16-24/h1-6,12-13,15-16,25-26,39H,7-11,14,17-22H2,(H,30,35)(H,33,34)/t25-,26-/m0/s1. The maximum Gasteiger partial charge on any atom is 0.407 e. The van der Waals surface area contributed by atoms with Crippen LogP contribution in [-0.4, -0.2) is 59.4 Å². The predicted molar refractivity (Wildman–Crippen MR) is 149 cm³/mol. The van der Waals surface area contributed by atoms with Crippen molar-refractivity contribution in [2.75, 3.05) is 19.3 Å². The minimum absolute atomic E-state index is 0.178. The van der Waals surface area contributed by atoms with Crippen LogP contribution in [0.25, 0.3) is 0 Å². The summed E-state index contributed by atoms with van der Waals surface area (Å²) in [4.78, 5) is 38.1. The summed E-state index contributed by atoms with van der Waals surface area (Å²) in [5.41, 5.74) is 2.11. The van der Waals surface area contributed by atoms with Crippen molar-refractivity contribution in [1.82, 2.24) is 10.2 Å². The Balaban J connectivity index is 1.43. The number of nitrogens with one attached hydrogen (secondary N) is 1. The van der Waals surface area contributed by atoms with Gasteiger partial charge in [-0.1, -0.05) is 60.7 Å². The van der Waals surface area contributed by atoms with Crippen LogP contribution in [0.15, 0.2) is 60.7 Å². The molecule has 3 atom stereocenters. The van der Waals surface area contributed by atoms with E-state index >= 15 is 0 Å². The molecule has 0 aliphatic carbocycles. The maximum atomic E-state index is 13.2. The van der Waals surface area contributed by atoms with Crippen molar-refractivity contribution in [3.8, 4) is 0 Å². The number of likely N-dealkylation sites (tertiary alicyclic amines) is 1. The third-order valence-corrected chi connectivity index (χ3v) is 7.99. The van der Waals surface area contributed by atoms with E-state index in [0.29, 0.717) is 57.8 Å². The summed E-state index contributed by atoms with van der Waals surface area (Å²) in [5.74, 6) is -1.45. The Morgan fingerprint density at radius 3 is 2.36 bits per heavy atom. The van der Waals surface area contributed by atoms with Gasteiger partial charge in [-0.2, -0.15) is 0 Å². The molecule has 1 unspecified atom stereocenters. The fourth-order valence-electron chi connectivity index (χ4n) is 4.59. The van der Waals surface area contributed by atoms with Crippen molar-refractivity contribution in [2.45, 2.75) is 70.1 Å². The summed E-state index contributed by atoms with van der Waals surface area (Å²) < 4.78 is 23.7. The molecule has 3 rings (SSSR count). The highest BCUT2D eigenvalue weighted by molar-refractivity contribution is 7.39. The minimum Gasteiger partial charge on any atom is -0.480 e. The number of carboxylic acids is 1. The van der Waals surface area contributed by atoms with Crippen molar-refractivity contribution in [3.05, 3.63) is 71.8 Å². The van der Waals surface area contributed by atoms with Gasteiger partial charge in [0.25, 0.3) is 5.91 Å². The molecule has 1 aliphatic heterocycles. The van der Waals surface area contributed by atoms with Crippen molar-refractivity contribution in [2.24, 2.45) is 0 Å². The number of unbranched alkanes of at least 4 members (excludes halogenated alkanes) is 2. The molecule has 0 aromatic heterocycles. The van der Waals surface area contributed by atoms with E-state index < -0.39 is 38.1 Å². The molecule has 2 aromatic rings. The SMILES string of the molecule is O=C(NCCCC[C@H](O[PH](=O)CCCCc1ccccc1)C(=O)N1CCC[C@H]1C(=O)O)OCc1ccccc1. The van der Waals surface area contributed by atoms with Crippen LogP contribution in [0.5, 0.6) is 0 Å². The lowest BCUT2D eigenvalue weighted by atomic mass is 10.1. The zero-order valence-electron chi connectivity index (χ0n) is 22.3. The zero-order chi connectivity index (χ0) is 27.9. The summed E-state index contributed by atoms with van der Waals surface area (Å²) in [7, 11) is -2.48. The van der Waals surface area contributed by atoms with Gasteiger partial charge < -0.3 is 24.6 Å². The van der Waals surface area contributed by atoms with Gasteiger partial charge >= 0.3 is 12.1 Å². The van der Waals surface area contributed by atoms with Gasteiger partial charge in [0.15, 0.2) is 8.03 Å². The number of carbonyl (C=O) groups is 3. The summed E-state index contributed by atoms with van der Waals surface area (Å²) in [5, 5.41) is 12.2. The normalized spacial score (nSPS) is 16.4. The maximum absolute atomic E-state index is 13.2. The smallest absolute Gasteiger partial charge is 0.407 e. The van der Waals surface area contributed by atoms with Gasteiger partial charge in [-0.15, -0.1) is 0 Å². The Hall–Kier alpha value is -3.16. The van der Waals surface area contributed by atoms with E-state index in [-0.39, 0.29) is 6.61 Å². The van der Waals surface area contributed by atoms with Crippen LogP contribution in [0.1, 0.15) is 56.1 Å². The van der Waals surface area contributed by atoms with Crippen LogP contribution >= 0.6 is 8.03 Å². The Morgan fingerprint density at radius 2 is 1.67 bits per heavy atom.